The van der Waals surface area contributed by atoms with Crippen molar-refractivity contribution >= 4 is 32.5 Å². The van der Waals surface area contributed by atoms with E-state index in [9.17, 15) is 13.2 Å². The summed E-state index contributed by atoms with van der Waals surface area (Å²) in [5.41, 5.74) is 2.35. The number of para-hydroxylation sites is 1. The Bertz CT molecular complexity index is 1060. The Kier molecular flexibility index (Phi) is 5.53. The Morgan fingerprint density at radius 2 is 1.78 bits per heavy atom. The van der Waals surface area contributed by atoms with E-state index in [1.165, 1.54) is 11.8 Å². The van der Waals surface area contributed by atoms with Crippen LogP contribution in [0, 0.1) is 6.92 Å². The Hall–Kier alpha value is -2.77. The van der Waals surface area contributed by atoms with Crippen molar-refractivity contribution in [2.75, 3.05) is 18.0 Å². The Balaban J connectivity index is 1.78. The molecule has 1 aromatic heterocycles. The molecule has 7 heteroatoms. The van der Waals surface area contributed by atoms with Gasteiger partial charge in [0.2, 0.25) is 15.9 Å². The van der Waals surface area contributed by atoms with Crippen LogP contribution in [0.15, 0.2) is 65.7 Å². The number of hydrogen-bond acceptors (Lipinski definition) is 4. The number of benzene rings is 2. The van der Waals surface area contributed by atoms with Crippen molar-refractivity contribution in [1.82, 2.24) is 9.71 Å². The van der Waals surface area contributed by atoms with Crippen LogP contribution in [-0.4, -0.2) is 32.4 Å². The summed E-state index contributed by atoms with van der Waals surface area (Å²) in [6, 6.07) is 16.0. The van der Waals surface area contributed by atoms with Crippen molar-refractivity contribution in [2.45, 2.75) is 18.7 Å². The number of pyridine rings is 1. The number of nitrogens with zero attached hydrogens (tertiary/aromatic N) is 2. The number of nitrogens with one attached hydrogen (secondary N) is 1. The zero-order chi connectivity index (χ0) is 19.4. The molecule has 0 radical (unpaired) electrons. The van der Waals surface area contributed by atoms with Gasteiger partial charge in [-0.05, 0) is 31.2 Å². The third-order valence-corrected chi connectivity index (χ3v) is 5.72. The van der Waals surface area contributed by atoms with Crippen LogP contribution in [0.25, 0.3) is 10.9 Å². The van der Waals surface area contributed by atoms with Crippen LogP contribution >= 0.6 is 0 Å². The van der Waals surface area contributed by atoms with Crippen molar-refractivity contribution < 1.29 is 13.2 Å². The summed E-state index contributed by atoms with van der Waals surface area (Å²) in [5.74, 6) is -0.178. The molecule has 1 amide bonds. The number of sulfonamides is 1. The molecule has 0 aliphatic rings. The topological polar surface area (TPSA) is 79.4 Å². The van der Waals surface area contributed by atoms with Gasteiger partial charge in [-0.15, -0.1) is 0 Å². The maximum atomic E-state index is 12.4. The molecule has 140 valence electrons. The molecule has 0 fully saturated rings. The Morgan fingerprint density at radius 1 is 1.07 bits per heavy atom. The van der Waals surface area contributed by atoms with Crippen molar-refractivity contribution in [2.24, 2.45) is 0 Å². The van der Waals surface area contributed by atoms with Crippen LogP contribution in [0.3, 0.4) is 0 Å². The van der Waals surface area contributed by atoms with Crippen molar-refractivity contribution in [1.29, 1.82) is 0 Å². The zero-order valence-corrected chi connectivity index (χ0v) is 16.0. The minimum absolute atomic E-state index is 0.0962. The van der Waals surface area contributed by atoms with Gasteiger partial charge in [0.15, 0.2) is 0 Å². The van der Waals surface area contributed by atoms with Crippen LogP contribution in [0.1, 0.15) is 12.5 Å². The highest BCUT2D eigenvalue weighted by atomic mass is 32.2. The second kappa shape index (κ2) is 7.85. The molecule has 0 unspecified atom stereocenters. The fourth-order valence-corrected chi connectivity index (χ4v) is 3.87. The van der Waals surface area contributed by atoms with E-state index in [0.29, 0.717) is 11.2 Å². The summed E-state index contributed by atoms with van der Waals surface area (Å²) in [4.78, 5) is 18.3. The van der Waals surface area contributed by atoms with Gasteiger partial charge in [0, 0.05) is 31.6 Å². The second-order valence-electron chi connectivity index (χ2n) is 6.23. The summed E-state index contributed by atoms with van der Waals surface area (Å²) in [6.45, 7) is 3.65. The van der Waals surface area contributed by atoms with E-state index in [1.807, 2.05) is 37.3 Å². The Morgan fingerprint density at radius 3 is 2.48 bits per heavy atom. The normalized spacial score (nSPS) is 11.5. The van der Waals surface area contributed by atoms with Gasteiger partial charge >= 0.3 is 0 Å². The van der Waals surface area contributed by atoms with Gasteiger partial charge in [-0.3, -0.25) is 9.78 Å². The summed E-state index contributed by atoms with van der Waals surface area (Å²) < 4.78 is 27.4. The lowest BCUT2D eigenvalue weighted by Crippen LogP contribution is -2.37. The standard InChI is InChI=1S/C20H21N3O3S/c1-15-8-10-18(11-9-15)27(25,26)22-13-14-23(16(2)24)19-7-3-5-17-6-4-12-21-20(17)19/h3-12,22H,13-14H2,1-2H3. The summed E-state index contributed by atoms with van der Waals surface area (Å²) in [7, 11) is -3.63. The van der Waals surface area contributed by atoms with Gasteiger partial charge in [0.05, 0.1) is 16.1 Å². The highest BCUT2D eigenvalue weighted by Crippen LogP contribution is 2.24. The van der Waals surface area contributed by atoms with Crippen LogP contribution in [0.4, 0.5) is 5.69 Å². The minimum Gasteiger partial charge on any atom is -0.309 e. The molecule has 3 rings (SSSR count). The largest absolute Gasteiger partial charge is 0.309 e. The molecular weight excluding hydrogens is 362 g/mol. The van der Waals surface area contributed by atoms with E-state index in [2.05, 4.69) is 9.71 Å². The molecule has 1 N–H and O–H groups in total. The maximum Gasteiger partial charge on any atom is 0.240 e. The first-order valence-corrected chi connectivity index (χ1v) is 10.0. The smallest absolute Gasteiger partial charge is 0.240 e. The predicted octanol–water partition coefficient (Wildman–Crippen LogP) is 2.87. The van der Waals surface area contributed by atoms with Crippen LogP contribution in [-0.2, 0) is 14.8 Å². The van der Waals surface area contributed by atoms with E-state index in [0.717, 1.165) is 10.9 Å². The first-order chi connectivity index (χ1) is 12.9. The molecule has 2 aromatic carbocycles. The first kappa shape index (κ1) is 19.0. The van der Waals surface area contributed by atoms with Crippen LogP contribution in [0.2, 0.25) is 0 Å². The second-order valence-corrected chi connectivity index (χ2v) is 8.00. The van der Waals surface area contributed by atoms with E-state index >= 15 is 0 Å². The van der Waals surface area contributed by atoms with E-state index in [1.54, 1.807) is 30.5 Å². The van der Waals surface area contributed by atoms with Crippen molar-refractivity contribution in [3.05, 3.63) is 66.4 Å². The molecule has 1 heterocycles. The number of aryl methyl sites for hydroxylation is 1. The van der Waals surface area contributed by atoms with Gasteiger partial charge < -0.3 is 4.90 Å². The molecular formula is C20H21N3O3S. The molecule has 27 heavy (non-hydrogen) atoms. The van der Waals surface area contributed by atoms with Gasteiger partial charge in [-0.1, -0.05) is 35.9 Å². The average molecular weight is 383 g/mol. The number of aromatic nitrogens is 1. The molecule has 0 atom stereocenters. The molecule has 0 aliphatic heterocycles. The van der Waals surface area contributed by atoms with E-state index in [-0.39, 0.29) is 23.9 Å². The number of carbonyl (C=O) groups is 1. The average Bonchev–Trinajstić information content (AvgIpc) is 2.65. The molecule has 0 saturated heterocycles. The third kappa shape index (κ3) is 4.32. The number of carbonyl (C=O) groups excluding carboxylic acids is 1. The summed E-state index contributed by atoms with van der Waals surface area (Å²) >= 11 is 0. The molecule has 3 aromatic rings. The highest BCUT2D eigenvalue weighted by molar-refractivity contribution is 7.89. The monoisotopic (exact) mass is 383 g/mol. The zero-order valence-electron chi connectivity index (χ0n) is 15.2. The number of fused-ring (bicyclic) bond motifs is 1. The SMILES string of the molecule is CC(=O)N(CCNS(=O)(=O)c1ccc(C)cc1)c1cccc2cccnc12. The lowest BCUT2D eigenvalue weighted by Gasteiger charge is -2.22. The number of amides is 1. The number of rotatable bonds is 6. The van der Waals surface area contributed by atoms with Gasteiger partial charge in [0.25, 0.3) is 0 Å². The number of anilines is 1. The number of hydrogen-bond donors (Lipinski definition) is 1. The third-order valence-electron chi connectivity index (χ3n) is 4.24. The lowest BCUT2D eigenvalue weighted by atomic mass is 10.1. The summed E-state index contributed by atoms with van der Waals surface area (Å²) in [6.07, 6.45) is 1.67. The highest BCUT2D eigenvalue weighted by Gasteiger charge is 2.18. The molecule has 0 saturated carbocycles. The molecule has 0 spiro atoms. The minimum atomic E-state index is -3.63. The van der Waals surface area contributed by atoms with Crippen LogP contribution in [0.5, 0.6) is 0 Å². The van der Waals surface area contributed by atoms with Crippen molar-refractivity contribution in [3.8, 4) is 0 Å². The quantitative estimate of drug-likeness (QED) is 0.710. The fraction of sp³-hybridized carbons (Fsp3) is 0.200. The van der Waals surface area contributed by atoms with Crippen LogP contribution < -0.4 is 9.62 Å². The van der Waals surface area contributed by atoms with Gasteiger partial charge in [-0.2, -0.15) is 0 Å². The summed E-state index contributed by atoms with van der Waals surface area (Å²) in [5, 5.41) is 0.918. The maximum absolute atomic E-state index is 12.4. The van der Waals surface area contributed by atoms with E-state index < -0.39 is 10.0 Å². The van der Waals surface area contributed by atoms with Gasteiger partial charge in [0.1, 0.15) is 0 Å². The predicted molar refractivity (Wildman–Crippen MR) is 106 cm³/mol. The van der Waals surface area contributed by atoms with Gasteiger partial charge in [-0.25, -0.2) is 13.1 Å². The molecule has 6 nitrogen and oxygen atoms in total. The first-order valence-electron chi connectivity index (χ1n) is 8.57. The van der Waals surface area contributed by atoms with E-state index in [4.69, 9.17) is 0 Å². The molecule has 0 bridgehead atoms. The fourth-order valence-electron chi connectivity index (χ4n) is 2.85. The lowest BCUT2D eigenvalue weighted by molar-refractivity contribution is -0.116. The molecule has 0 aliphatic carbocycles. The Labute approximate surface area is 158 Å². The van der Waals surface area contributed by atoms with Crippen molar-refractivity contribution in [3.63, 3.8) is 0 Å².